The number of aromatic hydroxyl groups is 1. The van der Waals surface area contributed by atoms with E-state index in [2.05, 4.69) is 0 Å². The number of rotatable bonds is 4. The molecule has 0 saturated carbocycles. The number of carbonyl (C=O) groups excluding carboxylic acids is 1. The second kappa shape index (κ2) is 7.76. The van der Waals surface area contributed by atoms with Crippen LogP contribution in [-0.2, 0) is 14.3 Å². The van der Waals surface area contributed by atoms with Crippen LogP contribution in [0.15, 0.2) is 27.4 Å². The molecule has 4 N–H and O–H groups in total. The molecule has 0 bridgehead atoms. The van der Waals surface area contributed by atoms with Gasteiger partial charge in [-0.15, -0.1) is 0 Å². The largest absolute Gasteiger partial charge is 0.507 e. The Morgan fingerprint density at radius 1 is 1.14 bits per heavy atom. The Morgan fingerprint density at radius 3 is 2.54 bits per heavy atom. The van der Waals surface area contributed by atoms with Gasteiger partial charge in [-0.2, -0.15) is 0 Å². The van der Waals surface area contributed by atoms with Crippen LogP contribution >= 0.6 is 0 Å². The maximum atomic E-state index is 12.0. The molecule has 5 atom stereocenters. The molecule has 3 rings (SSSR count). The molecule has 0 spiro atoms. The molecule has 0 amide bonds. The molecular formula is C18H20O10. The number of carbonyl (C=O) groups is 1. The Morgan fingerprint density at radius 2 is 1.86 bits per heavy atom. The average Bonchev–Trinajstić information content (AvgIpc) is 2.60. The van der Waals surface area contributed by atoms with E-state index in [1.165, 1.54) is 19.1 Å². The Kier molecular flexibility index (Phi) is 5.57. The van der Waals surface area contributed by atoms with Crippen molar-refractivity contribution >= 4 is 16.9 Å². The topological polar surface area (TPSA) is 156 Å². The van der Waals surface area contributed by atoms with E-state index < -0.39 is 47.9 Å². The highest BCUT2D eigenvalue weighted by Crippen LogP contribution is 2.31. The van der Waals surface area contributed by atoms with Gasteiger partial charge in [0.05, 0.1) is 0 Å². The molecule has 28 heavy (non-hydrogen) atoms. The van der Waals surface area contributed by atoms with Crippen LogP contribution in [0.4, 0.5) is 0 Å². The zero-order valence-electron chi connectivity index (χ0n) is 15.1. The maximum absolute atomic E-state index is 12.0. The molecule has 1 fully saturated rings. The van der Waals surface area contributed by atoms with Gasteiger partial charge >= 0.3 is 5.97 Å². The van der Waals surface area contributed by atoms with Gasteiger partial charge in [-0.25, -0.2) is 0 Å². The van der Waals surface area contributed by atoms with E-state index in [1.54, 1.807) is 6.92 Å². The third kappa shape index (κ3) is 3.94. The summed E-state index contributed by atoms with van der Waals surface area (Å²) in [4.78, 5) is 23.0. The number of phenolic OH excluding ortho intramolecular Hbond substituents is 1. The van der Waals surface area contributed by atoms with Gasteiger partial charge in [0.15, 0.2) is 5.43 Å². The van der Waals surface area contributed by atoms with Gasteiger partial charge in [0.25, 0.3) is 0 Å². The van der Waals surface area contributed by atoms with Gasteiger partial charge in [-0.3, -0.25) is 9.59 Å². The molecule has 10 heteroatoms. The Labute approximate surface area is 158 Å². The number of aliphatic hydroxyl groups excluding tert-OH is 3. The lowest BCUT2D eigenvalue weighted by molar-refractivity contribution is -0.278. The number of hydrogen-bond donors (Lipinski definition) is 4. The van der Waals surface area contributed by atoms with Crippen LogP contribution < -0.4 is 10.2 Å². The molecule has 0 radical (unpaired) electrons. The molecular weight excluding hydrogens is 376 g/mol. The molecule has 0 aliphatic carbocycles. The first-order chi connectivity index (χ1) is 13.2. The average molecular weight is 396 g/mol. The van der Waals surface area contributed by atoms with Crippen molar-refractivity contribution in [2.24, 2.45) is 0 Å². The highest BCUT2D eigenvalue weighted by atomic mass is 16.7. The second-order valence-electron chi connectivity index (χ2n) is 6.47. The summed E-state index contributed by atoms with van der Waals surface area (Å²) in [6, 6.07) is 3.68. The fourth-order valence-electron chi connectivity index (χ4n) is 2.92. The summed E-state index contributed by atoms with van der Waals surface area (Å²) in [7, 11) is 0. The molecule has 152 valence electrons. The van der Waals surface area contributed by atoms with Gasteiger partial charge in [-0.1, -0.05) is 0 Å². The number of fused-ring (bicyclic) bond motifs is 1. The summed E-state index contributed by atoms with van der Waals surface area (Å²) < 4.78 is 21.1. The first-order valence-corrected chi connectivity index (χ1v) is 8.44. The van der Waals surface area contributed by atoms with Crippen LogP contribution in [0.1, 0.15) is 12.7 Å². The van der Waals surface area contributed by atoms with E-state index in [4.69, 9.17) is 18.6 Å². The minimum Gasteiger partial charge on any atom is -0.507 e. The van der Waals surface area contributed by atoms with Crippen LogP contribution in [0.3, 0.4) is 0 Å². The SMILES string of the molecule is CC(=O)OC[C@H]1O[C@@H](Oc2cc(O)c3c(=O)cc(C)oc3c2)[C@H](O)[C@@H](O)[C@@H]1O. The van der Waals surface area contributed by atoms with Crippen LogP contribution in [0.2, 0.25) is 0 Å². The van der Waals surface area contributed by atoms with Crippen molar-refractivity contribution in [2.75, 3.05) is 6.61 Å². The van der Waals surface area contributed by atoms with E-state index in [-0.39, 0.29) is 23.3 Å². The number of hydrogen-bond acceptors (Lipinski definition) is 10. The van der Waals surface area contributed by atoms with Gasteiger partial charge in [0.2, 0.25) is 6.29 Å². The quantitative estimate of drug-likeness (QED) is 0.500. The maximum Gasteiger partial charge on any atom is 0.302 e. The normalized spacial score (nSPS) is 27.5. The van der Waals surface area contributed by atoms with Crippen molar-refractivity contribution in [2.45, 2.75) is 44.6 Å². The number of phenols is 1. The zero-order valence-corrected chi connectivity index (χ0v) is 15.1. The van der Waals surface area contributed by atoms with E-state index in [1.807, 2.05) is 0 Å². The molecule has 1 aliphatic rings. The van der Waals surface area contributed by atoms with Crippen LogP contribution in [-0.4, -0.2) is 63.7 Å². The third-order valence-corrected chi connectivity index (χ3v) is 4.28. The van der Waals surface area contributed by atoms with Gasteiger partial charge in [0.1, 0.15) is 59.3 Å². The molecule has 1 aromatic heterocycles. The van der Waals surface area contributed by atoms with Crippen LogP contribution in [0.25, 0.3) is 11.0 Å². The minimum absolute atomic E-state index is 0.0161. The lowest BCUT2D eigenvalue weighted by Crippen LogP contribution is -2.60. The van der Waals surface area contributed by atoms with Gasteiger partial charge in [0, 0.05) is 25.1 Å². The molecule has 1 aliphatic heterocycles. The summed E-state index contributed by atoms with van der Waals surface area (Å²) in [6.07, 6.45) is -7.38. The van der Waals surface area contributed by atoms with Crippen molar-refractivity contribution < 1.29 is 43.8 Å². The Balaban J connectivity index is 1.87. The highest BCUT2D eigenvalue weighted by molar-refractivity contribution is 5.84. The molecule has 2 aromatic rings. The summed E-state index contributed by atoms with van der Waals surface area (Å²) in [5.41, 5.74) is -0.376. The van der Waals surface area contributed by atoms with Crippen molar-refractivity contribution in [1.82, 2.24) is 0 Å². The molecule has 10 nitrogen and oxygen atoms in total. The first-order valence-electron chi connectivity index (χ1n) is 8.44. The van der Waals surface area contributed by atoms with Crippen LogP contribution in [0.5, 0.6) is 11.5 Å². The van der Waals surface area contributed by atoms with E-state index >= 15 is 0 Å². The molecule has 0 unspecified atom stereocenters. The second-order valence-corrected chi connectivity index (χ2v) is 6.47. The summed E-state index contributed by atoms with van der Waals surface area (Å²) in [5.74, 6) is -0.706. The summed E-state index contributed by atoms with van der Waals surface area (Å²) >= 11 is 0. The lowest BCUT2D eigenvalue weighted by atomic mass is 9.99. The number of benzene rings is 1. The first kappa shape index (κ1) is 20.1. The highest BCUT2D eigenvalue weighted by Gasteiger charge is 2.45. The monoisotopic (exact) mass is 396 g/mol. The predicted molar refractivity (Wildman–Crippen MR) is 92.8 cm³/mol. The van der Waals surface area contributed by atoms with Crippen molar-refractivity contribution in [1.29, 1.82) is 0 Å². The Hall–Kier alpha value is -2.66. The van der Waals surface area contributed by atoms with E-state index in [0.717, 1.165) is 6.07 Å². The van der Waals surface area contributed by atoms with Crippen molar-refractivity contribution in [3.63, 3.8) is 0 Å². The fourth-order valence-corrected chi connectivity index (χ4v) is 2.92. The summed E-state index contributed by atoms with van der Waals surface area (Å²) in [6.45, 7) is 2.37. The third-order valence-electron chi connectivity index (χ3n) is 4.28. The van der Waals surface area contributed by atoms with Crippen molar-refractivity contribution in [3.05, 3.63) is 34.2 Å². The van der Waals surface area contributed by atoms with Gasteiger partial charge in [-0.05, 0) is 6.92 Å². The number of aryl methyl sites for hydroxylation is 1. The van der Waals surface area contributed by atoms with Gasteiger partial charge < -0.3 is 39.1 Å². The number of aliphatic hydroxyl groups is 3. The van der Waals surface area contributed by atoms with E-state index in [0.29, 0.717) is 5.76 Å². The number of ether oxygens (including phenoxy) is 3. The Bertz CT molecular complexity index is 936. The standard InChI is InChI=1S/C18H20O10/c1-7-3-10(20)14-11(21)4-9(5-12(14)26-7)27-18-17(24)16(23)15(22)13(28-18)6-25-8(2)19/h3-5,13,15-18,21-24H,6H2,1-2H3/t13-,15-,16+,17-,18-/m1/s1. The lowest BCUT2D eigenvalue weighted by Gasteiger charge is -2.39. The minimum atomic E-state index is -1.63. The smallest absolute Gasteiger partial charge is 0.302 e. The number of esters is 1. The molecule has 2 heterocycles. The predicted octanol–water partition coefficient (Wildman–Crippen LogP) is -0.443. The molecule has 1 saturated heterocycles. The zero-order chi connectivity index (χ0) is 20.6. The van der Waals surface area contributed by atoms with E-state index in [9.17, 15) is 30.0 Å². The molecule has 1 aromatic carbocycles. The summed E-state index contributed by atoms with van der Waals surface area (Å²) in [5, 5.41) is 40.2. The fraction of sp³-hybridized carbons (Fsp3) is 0.444. The van der Waals surface area contributed by atoms with Crippen molar-refractivity contribution in [3.8, 4) is 11.5 Å². The van der Waals surface area contributed by atoms with Crippen LogP contribution in [0, 0.1) is 6.92 Å².